The summed E-state index contributed by atoms with van der Waals surface area (Å²) in [6, 6.07) is 23.6. The molecule has 0 aliphatic carbocycles. The van der Waals surface area contributed by atoms with Crippen LogP contribution in [-0.2, 0) is 18.0 Å². The Kier molecular flexibility index (Phi) is 6.06. The van der Waals surface area contributed by atoms with Gasteiger partial charge in [0.05, 0.1) is 5.56 Å². The van der Waals surface area contributed by atoms with Gasteiger partial charge in [0.15, 0.2) is 6.61 Å². The van der Waals surface area contributed by atoms with Crippen LogP contribution in [0.5, 0.6) is 5.75 Å². The third-order valence-corrected chi connectivity index (χ3v) is 4.48. The summed E-state index contributed by atoms with van der Waals surface area (Å²) >= 11 is 5.87. The lowest BCUT2D eigenvalue weighted by Crippen LogP contribution is -2.06. The molecule has 0 spiro atoms. The molecule has 0 saturated heterocycles. The molecule has 0 unspecified atom stereocenters. The van der Waals surface area contributed by atoms with Crippen molar-refractivity contribution in [2.45, 2.75) is 13.2 Å². The third kappa shape index (κ3) is 5.04. The van der Waals surface area contributed by atoms with Crippen molar-refractivity contribution in [3.05, 3.63) is 101 Å². The van der Waals surface area contributed by atoms with Gasteiger partial charge in [-0.2, -0.15) is 0 Å². The van der Waals surface area contributed by atoms with E-state index in [-0.39, 0.29) is 12.5 Å². The van der Waals surface area contributed by atoms with Crippen molar-refractivity contribution in [3.63, 3.8) is 0 Å². The Morgan fingerprint density at radius 1 is 0.867 bits per heavy atom. The molecule has 0 atom stereocenters. The number of carbonyl (C=O) groups is 1. The molecule has 0 bridgehead atoms. The van der Waals surface area contributed by atoms with Gasteiger partial charge in [-0.25, -0.2) is 4.79 Å². The Morgan fingerprint density at radius 3 is 2.33 bits per heavy atom. The number of ether oxygens (including phenoxy) is 2. The van der Waals surface area contributed by atoms with Crippen LogP contribution < -0.4 is 4.74 Å². The first kappa shape index (κ1) is 19.7. The van der Waals surface area contributed by atoms with Crippen LogP contribution in [0, 0.1) is 0 Å². The van der Waals surface area contributed by atoms with E-state index in [2.05, 4.69) is 10.2 Å². The Bertz CT molecular complexity index is 1110. The highest BCUT2D eigenvalue weighted by atomic mass is 35.5. The van der Waals surface area contributed by atoms with Crippen molar-refractivity contribution in [1.82, 2.24) is 10.2 Å². The molecule has 150 valence electrons. The van der Waals surface area contributed by atoms with Crippen molar-refractivity contribution in [2.24, 2.45) is 0 Å². The quantitative estimate of drug-likeness (QED) is 0.376. The zero-order valence-corrected chi connectivity index (χ0v) is 16.6. The van der Waals surface area contributed by atoms with Gasteiger partial charge in [0.1, 0.15) is 12.4 Å². The molecule has 6 nitrogen and oxygen atoms in total. The summed E-state index contributed by atoms with van der Waals surface area (Å²) in [5, 5.41) is 8.48. The Hall–Kier alpha value is -3.64. The van der Waals surface area contributed by atoms with Crippen molar-refractivity contribution < 1.29 is 18.7 Å². The van der Waals surface area contributed by atoms with E-state index >= 15 is 0 Å². The van der Waals surface area contributed by atoms with Crippen molar-refractivity contribution in [3.8, 4) is 17.2 Å². The van der Waals surface area contributed by atoms with Gasteiger partial charge in [-0.05, 0) is 54.1 Å². The average molecular weight is 421 g/mol. The minimum absolute atomic E-state index is 0.113. The largest absolute Gasteiger partial charge is 0.489 e. The molecule has 0 N–H and O–H groups in total. The number of para-hydroxylation sites is 1. The molecule has 0 aliphatic rings. The minimum atomic E-state index is -0.475. The number of rotatable bonds is 7. The fourth-order valence-corrected chi connectivity index (χ4v) is 2.78. The lowest BCUT2D eigenvalue weighted by atomic mass is 10.1. The number of hydrogen-bond acceptors (Lipinski definition) is 6. The molecule has 0 fully saturated rings. The van der Waals surface area contributed by atoms with Crippen molar-refractivity contribution in [1.29, 1.82) is 0 Å². The molecule has 0 radical (unpaired) electrons. The summed E-state index contributed by atoms with van der Waals surface area (Å²) < 4.78 is 16.5. The predicted molar refractivity (Wildman–Crippen MR) is 111 cm³/mol. The SMILES string of the molecule is O=C(OCc1nnc(-c2ccc(Cl)cc2)o1)c1ccc(COc2ccccc2)cc1. The van der Waals surface area contributed by atoms with Crippen LogP contribution in [0.1, 0.15) is 21.8 Å². The molecule has 0 aliphatic heterocycles. The van der Waals surface area contributed by atoms with Crippen LogP contribution >= 0.6 is 11.6 Å². The molecule has 1 heterocycles. The molecule has 3 aromatic carbocycles. The molecule has 30 heavy (non-hydrogen) atoms. The van der Waals surface area contributed by atoms with Gasteiger partial charge in [0, 0.05) is 10.6 Å². The predicted octanol–water partition coefficient (Wildman–Crippen LogP) is 5.33. The van der Waals surface area contributed by atoms with E-state index in [4.69, 9.17) is 25.5 Å². The van der Waals surface area contributed by atoms with Crippen LogP contribution in [0.2, 0.25) is 5.02 Å². The number of halogens is 1. The molecule has 0 saturated carbocycles. The maximum atomic E-state index is 12.3. The van der Waals surface area contributed by atoms with Gasteiger partial charge in [-0.1, -0.05) is 41.9 Å². The summed E-state index contributed by atoms with van der Waals surface area (Å²) in [5.74, 6) is 0.858. The molecule has 4 aromatic rings. The van der Waals surface area contributed by atoms with Gasteiger partial charge in [0.2, 0.25) is 5.89 Å². The van der Waals surface area contributed by atoms with Crippen LogP contribution in [0.4, 0.5) is 0 Å². The Balaban J connectivity index is 1.30. The molecule has 1 aromatic heterocycles. The maximum absolute atomic E-state index is 12.3. The van der Waals surface area contributed by atoms with Gasteiger partial charge < -0.3 is 13.9 Å². The first-order chi connectivity index (χ1) is 14.7. The smallest absolute Gasteiger partial charge is 0.338 e. The normalized spacial score (nSPS) is 10.6. The highest BCUT2D eigenvalue weighted by molar-refractivity contribution is 6.30. The lowest BCUT2D eigenvalue weighted by molar-refractivity contribution is 0.0438. The van der Waals surface area contributed by atoms with Gasteiger partial charge in [0.25, 0.3) is 5.89 Å². The zero-order valence-electron chi connectivity index (χ0n) is 15.8. The van der Waals surface area contributed by atoms with Crippen molar-refractivity contribution in [2.75, 3.05) is 0 Å². The highest BCUT2D eigenvalue weighted by Gasteiger charge is 2.12. The Labute approximate surface area is 178 Å². The standard InChI is InChI=1S/C23H17ClN2O4/c24-19-12-10-17(11-13-19)22-26-25-21(30-22)15-29-23(27)18-8-6-16(7-9-18)14-28-20-4-2-1-3-5-20/h1-13H,14-15H2. The number of esters is 1. The van der Waals surface area contributed by atoms with Crippen LogP contribution in [0.15, 0.2) is 83.3 Å². The van der Waals surface area contributed by atoms with E-state index in [1.807, 2.05) is 42.5 Å². The van der Waals surface area contributed by atoms with Gasteiger partial charge in [-0.15, -0.1) is 10.2 Å². The van der Waals surface area contributed by atoms with E-state index in [1.54, 1.807) is 36.4 Å². The summed E-state index contributed by atoms with van der Waals surface area (Å²) in [6.45, 7) is 0.299. The third-order valence-electron chi connectivity index (χ3n) is 4.22. The number of carbonyl (C=O) groups excluding carboxylic acids is 1. The van der Waals surface area contributed by atoms with E-state index in [0.29, 0.717) is 23.1 Å². The lowest BCUT2D eigenvalue weighted by Gasteiger charge is -2.07. The molecule has 4 rings (SSSR count). The van der Waals surface area contributed by atoms with Crippen molar-refractivity contribution >= 4 is 17.6 Å². The van der Waals surface area contributed by atoms with E-state index < -0.39 is 5.97 Å². The second kappa shape index (κ2) is 9.24. The number of nitrogens with zero attached hydrogens (tertiary/aromatic N) is 2. The summed E-state index contributed by atoms with van der Waals surface area (Å²) in [5.41, 5.74) is 2.11. The summed E-state index contributed by atoms with van der Waals surface area (Å²) in [7, 11) is 0. The molecular formula is C23H17ClN2O4. The fraction of sp³-hybridized carbons (Fsp3) is 0.0870. The molecule has 7 heteroatoms. The van der Waals surface area contributed by atoms with E-state index in [1.165, 1.54) is 0 Å². The molecule has 0 amide bonds. The van der Waals surface area contributed by atoms with E-state index in [9.17, 15) is 4.79 Å². The van der Waals surface area contributed by atoms with Crippen LogP contribution in [-0.4, -0.2) is 16.2 Å². The number of benzene rings is 3. The molecular weight excluding hydrogens is 404 g/mol. The number of hydrogen-bond donors (Lipinski definition) is 0. The second-order valence-electron chi connectivity index (χ2n) is 6.38. The van der Waals surface area contributed by atoms with Gasteiger partial charge >= 0.3 is 5.97 Å². The number of aromatic nitrogens is 2. The van der Waals surface area contributed by atoms with Crippen LogP contribution in [0.3, 0.4) is 0 Å². The monoisotopic (exact) mass is 420 g/mol. The topological polar surface area (TPSA) is 74.5 Å². The van der Waals surface area contributed by atoms with Crippen LogP contribution in [0.25, 0.3) is 11.5 Å². The summed E-state index contributed by atoms with van der Waals surface area (Å²) in [6.07, 6.45) is 0. The van der Waals surface area contributed by atoms with E-state index in [0.717, 1.165) is 16.9 Å². The first-order valence-corrected chi connectivity index (χ1v) is 9.57. The second-order valence-corrected chi connectivity index (χ2v) is 6.82. The Morgan fingerprint density at radius 2 is 1.60 bits per heavy atom. The maximum Gasteiger partial charge on any atom is 0.338 e. The summed E-state index contributed by atoms with van der Waals surface area (Å²) in [4.78, 5) is 12.3. The highest BCUT2D eigenvalue weighted by Crippen LogP contribution is 2.20. The zero-order chi connectivity index (χ0) is 20.8. The average Bonchev–Trinajstić information content (AvgIpc) is 3.27. The first-order valence-electron chi connectivity index (χ1n) is 9.19. The fourth-order valence-electron chi connectivity index (χ4n) is 2.65. The minimum Gasteiger partial charge on any atom is -0.489 e. The van der Waals surface area contributed by atoms with Gasteiger partial charge in [-0.3, -0.25) is 0 Å².